The number of benzene rings is 2. The second-order valence-electron chi connectivity index (χ2n) is 15.3. The fourth-order valence-corrected chi connectivity index (χ4v) is 5.15. The Morgan fingerprint density at radius 1 is 0.768 bits per heavy atom. The fourth-order valence-electron chi connectivity index (χ4n) is 5.15. The van der Waals surface area contributed by atoms with Crippen LogP contribution in [0.15, 0.2) is 60.7 Å². The number of carbonyl (C=O) groups excluding carboxylic acids is 2. The van der Waals surface area contributed by atoms with E-state index in [2.05, 4.69) is 28.1 Å². The molecule has 0 aliphatic carbocycles. The molecule has 1 saturated heterocycles. The first-order chi connectivity index (χ1) is 26.6. The average Bonchev–Trinajstić information content (AvgIpc) is 3.66. The van der Waals surface area contributed by atoms with Gasteiger partial charge in [0.15, 0.2) is 6.29 Å². The van der Waals surface area contributed by atoms with Crippen molar-refractivity contribution in [1.82, 2.24) is 16.0 Å². The molecule has 0 bridgehead atoms. The topological polar surface area (TPSA) is 221 Å². The van der Waals surface area contributed by atoms with E-state index in [4.69, 9.17) is 35.2 Å². The summed E-state index contributed by atoms with van der Waals surface area (Å²) in [4.78, 5) is 23.9. The SMILES string of the molecule is CC(C)(C)OC(=O)N[C@@H](Cc1ccccc1)[C@H](O)CN.CC(C)(C)OC(=O)N[C@@H](Cc1ccccc1)[C@H](O)CNCCCCC#N.N#CCCCC1OCCO1. The predicted octanol–water partition coefficient (Wildman–Crippen LogP) is 5.26. The lowest BCUT2D eigenvalue weighted by molar-refractivity contribution is -0.0474. The van der Waals surface area contributed by atoms with Crippen LogP contribution < -0.4 is 21.7 Å². The Morgan fingerprint density at radius 2 is 1.21 bits per heavy atom. The van der Waals surface area contributed by atoms with Gasteiger partial charge in [-0.05, 0) is 97.7 Å². The first kappa shape index (κ1) is 49.7. The molecule has 14 nitrogen and oxygen atoms in total. The van der Waals surface area contributed by atoms with Crippen molar-refractivity contribution in [3.05, 3.63) is 71.8 Å². The van der Waals surface area contributed by atoms with E-state index < -0.39 is 47.7 Å². The molecule has 2 aromatic rings. The van der Waals surface area contributed by atoms with E-state index in [0.29, 0.717) is 45.4 Å². The average molecular weight is 783 g/mol. The molecule has 0 aromatic heterocycles. The van der Waals surface area contributed by atoms with Crippen molar-refractivity contribution in [2.45, 2.75) is 135 Å². The Morgan fingerprint density at radius 3 is 1.64 bits per heavy atom. The van der Waals surface area contributed by atoms with Crippen LogP contribution in [0.1, 0.15) is 91.2 Å². The Hall–Kier alpha value is -4.28. The van der Waals surface area contributed by atoms with Crippen molar-refractivity contribution in [3.63, 3.8) is 0 Å². The van der Waals surface area contributed by atoms with Gasteiger partial charge in [-0.3, -0.25) is 0 Å². The number of aliphatic hydroxyl groups excluding tert-OH is 2. The number of ether oxygens (including phenoxy) is 4. The fraction of sp³-hybridized carbons (Fsp3) is 0.619. The molecule has 1 heterocycles. The number of nitrogens with two attached hydrogens (primary N) is 1. The maximum Gasteiger partial charge on any atom is 0.407 e. The Balaban J connectivity index is 0.000000459. The number of aliphatic hydroxyl groups is 2. The summed E-state index contributed by atoms with van der Waals surface area (Å²) < 4.78 is 20.8. The molecule has 0 saturated carbocycles. The molecule has 2 amide bonds. The molecule has 3 rings (SSSR count). The zero-order valence-corrected chi connectivity index (χ0v) is 34.2. The van der Waals surface area contributed by atoms with Crippen molar-refractivity contribution in [2.24, 2.45) is 5.73 Å². The van der Waals surface area contributed by atoms with Crippen molar-refractivity contribution in [3.8, 4) is 12.1 Å². The summed E-state index contributed by atoms with van der Waals surface area (Å²) in [6.45, 7) is 13.4. The first-order valence-corrected chi connectivity index (χ1v) is 19.4. The van der Waals surface area contributed by atoms with E-state index >= 15 is 0 Å². The number of nitriles is 2. The minimum absolute atomic E-state index is 0.0339. The van der Waals surface area contributed by atoms with Crippen molar-refractivity contribution in [2.75, 3.05) is 32.8 Å². The maximum atomic E-state index is 12.1. The van der Waals surface area contributed by atoms with Crippen molar-refractivity contribution >= 4 is 12.2 Å². The van der Waals surface area contributed by atoms with Crippen LogP contribution in [0.5, 0.6) is 0 Å². The summed E-state index contributed by atoms with van der Waals surface area (Å²) in [5, 5.41) is 45.9. The van der Waals surface area contributed by atoms with Gasteiger partial charge >= 0.3 is 12.2 Å². The van der Waals surface area contributed by atoms with Crippen LogP contribution >= 0.6 is 0 Å². The van der Waals surface area contributed by atoms with Crippen LogP contribution in [0.4, 0.5) is 9.59 Å². The van der Waals surface area contributed by atoms with Crippen molar-refractivity contribution in [1.29, 1.82) is 10.5 Å². The first-order valence-electron chi connectivity index (χ1n) is 19.4. The highest BCUT2D eigenvalue weighted by Gasteiger charge is 2.26. The van der Waals surface area contributed by atoms with Crippen LogP contribution in [0.25, 0.3) is 0 Å². The van der Waals surface area contributed by atoms with E-state index in [1.807, 2.05) is 60.7 Å². The van der Waals surface area contributed by atoms with Crippen LogP contribution in [0, 0.1) is 22.7 Å². The number of amides is 2. The molecule has 14 heteroatoms. The number of nitrogens with zero attached hydrogens (tertiary/aromatic N) is 2. The highest BCUT2D eigenvalue weighted by Crippen LogP contribution is 2.13. The van der Waals surface area contributed by atoms with E-state index in [1.165, 1.54) is 0 Å². The number of unbranched alkanes of at least 4 members (excludes halogenated alkanes) is 3. The van der Waals surface area contributed by atoms with E-state index in [0.717, 1.165) is 43.4 Å². The van der Waals surface area contributed by atoms with Gasteiger partial charge in [-0.25, -0.2) is 9.59 Å². The zero-order chi connectivity index (χ0) is 41.8. The predicted molar refractivity (Wildman–Crippen MR) is 215 cm³/mol. The lowest BCUT2D eigenvalue weighted by Crippen LogP contribution is -2.50. The quantitative estimate of drug-likeness (QED) is 0.107. The number of hydrogen-bond acceptors (Lipinski definition) is 12. The summed E-state index contributed by atoms with van der Waals surface area (Å²) in [6, 6.07) is 22.6. The molecule has 2 aromatic carbocycles. The number of alkyl carbamates (subject to hydrolysis) is 2. The second-order valence-corrected chi connectivity index (χ2v) is 15.3. The van der Waals surface area contributed by atoms with Crippen LogP contribution in [0.3, 0.4) is 0 Å². The maximum absolute atomic E-state index is 12.1. The third-order valence-corrected chi connectivity index (χ3v) is 7.84. The van der Waals surface area contributed by atoms with Gasteiger partial charge in [0.2, 0.25) is 0 Å². The van der Waals surface area contributed by atoms with Gasteiger partial charge in [-0.15, -0.1) is 0 Å². The minimum atomic E-state index is -0.817. The molecule has 7 N–H and O–H groups in total. The van der Waals surface area contributed by atoms with E-state index in [-0.39, 0.29) is 12.8 Å². The molecule has 4 atom stereocenters. The minimum Gasteiger partial charge on any atom is -0.444 e. The van der Waals surface area contributed by atoms with Gasteiger partial charge in [0, 0.05) is 25.9 Å². The Labute approximate surface area is 334 Å². The van der Waals surface area contributed by atoms with E-state index in [9.17, 15) is 19.8 Å². The molecule has 312 valence electrons. The number of rotatable bonds is 18. The third kappa shape index (κ3) is 25.7. The molecular formula is C42H66N6O8. The lowest BCUT2D eigenvalue weighted by Gasteiger charge is -2.27. The summed E-state index contributed by atoms with van der Waals surface area (Å²) in [5.74, 6) is 0. The normalized spacial score (nSPS) is 14.8. The van der Waals surface area contributed by atoms with Crippen LogP contribution in [0.2, 0.25) is 0 Å². The Kier molecular flexibility index (Phi) is 25.0. The molecule has 1 aliphatic rings. The van der Waals surface area contributed by atoms with Gasteiger partial charge in [0.25, 0.3) is 0 Å². The van der Waals surface area contributed by atoms with Gasteiger partial charge < -0.3 is 50.8 Å². The molecule has 0 spiro atoms. The monoisotopic (exact) mass is 782 g/mol. The van der Waals surface area contributed by atoms with Gasteiger partial charge in [0.05, 0.1) is 49.6 Å². The Bertz CT molecular complexity index is 1420. The molecular weight excluding hydrogens is 716 g/mol. The smallest absolute Gasteiger partial charge is 0.407 e. The molecule has 1 aliphatic heterocycles. The number of carbonyl (C=O) groups is 2. The molecule has 1 fully saturated rings. The molecule has 56 heavy (non-hydrogen) atoms. The van der Waals surface area contributed by atoms with Gasteiger partial charge in [0.1, 0.15) is 11.2 Å². The van der Waals surface area contributed by atoms with Gasteiger partial charge in [-0.2, -0.15) is 10.5 Å². The van der Waals surface area contributed by atoms with Crippen LogP contribution in [-0.2, 0) is 31.8 Å². The summed E-state index contributed by atoms with van der Waals surface area (Å²) >= 11 is 0. The van der Waals surface area contributed by atoms with Crippen LogP contribution in [-0.4, -0.2) is 97.0 Å². The lowest BCUT2D eigenvalue weighted by atomic mass is 10.0. The zero-order valence-electron chi connectivity index (χ0n) is 34.2. The molecule has 0 radical (unpaired) electrons. The number of hydrogen-bond donors (Lipinski definition) is 6. The highest BCUT2D eigenvalue weighted by atomic mass is 16.7. The largest absolute Gasteiger partial charge is 0.444 e. The second kappa shape index (κ2) is 28.2. The van der Waals surface area contributed by atoms with Gasteiger partial charge in [-0.1, -0.05) is 60.7 Å². The summed E-state index contributed by atoms with van der Waals surface area (Å²) in [5.41, 5.74) is 6.37. The van der Waals surface area contributed by atoms with Crippen molar-refractivity contribution < 1.29 is 38.7 Å². The summed E-state index contributed by atoms with van der Waals surface area (Å²) in [6.07, 6.45) is 2.91. The number of nitrogens with one attached hydrogen (secondary N) is 3. The molecule has 0 unspecified atom stereocenters. The van der Waals surface area contributed by atoms with E-state index in [1.54, 1.807) is 41.5 Å². The standard InChI is InChI=1S/C20H31N3O3.C15H24N2O3.C7H11NO2/c1-20(2,3)26-19(25)23-17(14-16-10-6-4-7-11-16)18(24)15-22-13-9-5-8-12-21;1-15(2,3)20-14(19)17-12(13(18)10-16)9-11-7-5-4-6-8-11;8-4-2-1-3-7-9-5-6-10-7/h4,6-7,10-11,17-18,22,24H,5,8-9,13-15H2,1-3H3,(H,23,25);4-8,12-13,18H,9-10,16H2,1-3H3,(H,17,19);7H,1-3,5-6H2/t17-,18+;12-,13+;/m00./s1. The third-order valence-electron chi connectivity index (χ3n) is 7.84. The summed E-state index contributed by atoms with van der Waals surface area (Å²) in [7, 11) is 0. The highest BCUT2D eigenvalue weighted by molar-refractivity contribution is 5.68.